The number of hydrogen-bond acceptors (Lipinski definition) is 4. The van der Waals surface area contributed by atoms with E-state index in [0.717, 1.165) is 48.6 Å². The van der Waals surface area contributed by atoms with Crippen LogP contribution in [0.25, 0.3) is 0 Å². The van der Waals surface area contributed by atoms with Crippen molar-refractivity contribution in [3.63, 3.8) is 0 Å². The number of benzene rings is 1. The van der Waals surface area contributed by atoms with E-state index in [1.165, 1.54) is 0 Å². The fraction of sp³-hybridized carbons (Fsp3) is 0.400. The first-order valence-electron chi connectivity index (χ1n) is 8.73. The molecule has 5 nitrogen and oxygen atoms in total. The molecular weight excluding hydrogens is 314 g/mol. The highest BCUT2D eigenvalue weighted by atomic mass is 16.5. The highest BCUT2D eigenvalue weighted by Gasteiger charge is 2.21. The molecule has 1 fully saturated rings. The number of methoxy groups -OCH3 is 1. The summed E-state index contributed by atoms with van der Waals surface area (Å²) in [5, 5.41) is 3.31. The molecule has 1 aliphatic rings. The van der Waals surface area contributed by atoms with Crippen molar-refractivity contribution in [1.82, 2.24) is 9.88 Å². The van der Waals surface area contributed by atoms with Gasteiger partial charge in [0.1, 0.15) is 5.75 Å². The standard InChI is InChI=1S/C20H25N3O2/c1-14-6-8-23(9-7-14)20(24)16-11-17(13-21-12-16)22-18-10-15(2)4-5-19(18)25-3/h4-5,10-14,22H,6-9H2,1-3H3. The van der Waals surface area contributed by atoms with Crippen LogP contribution in [0.3, 0.4) is 0 Å². The van der Waals surface area contributed by atoms with E-state index in [4.69, 9.17) is 4.74 Å². The molecule has 0 atom stereocenters. The van der Waals surface area contributed by atoms with E-state index >= 15 is 0 Å². The summed E-state index contributed by atoms with van der Waals surface area (Å²) in [6, 6.07) is 7.79. The molecule has 1 N–H and O–H groups in total. The molecule has 0 unspecified atom stereocenters. The Morgan fingerprint density at radius 2 is 2.00 bits per heavy atom. The predicted molar refractivity (Wildman–Crippen MR) is 99.6 cm³/mol. The van der Waals surface area contributed by atoms with Gasteiger partial charge in [0.2, 0.25) is 0 Å². The van der Waals surface area contributed by atoms with E-state index in [-0.39, 0.29) is 5.91 Å². The van der Waals surface area contributed by atoms with Gasteiger partial charge >= 0.3 is 0 Å². The van der Waals surface area contributed by atoms with Crippen LogP contribution in [-0.4, -0.2) is 36.0 Å². The molecule has 25 heavy (non-hydrogen) atoms. The van der Waals surface area contributed by atoms with E-state index in [9.17, 15) is 4.79 Å². The van der Waals surface area contributed by atoms with E-state index in [1.54, 1.807) is 19.5 Å². The molecule has 2 heterocycles. The van der Waals surface area contributed by atoms with Crippen LogP contribution in [0.4, 0.5) is 11.4 Å². The lowest BCUT2D eigenvalue weighted by Gasteiger charge is -2.30. The number of anilines is 2. The molecule has 1 aromatic carbocycles. The molecule has 132 valence electrons. The van der Waals surface area contributed by atoms with Gasteiger partial charge in [-0.1, -0.05) is 13.0 Å². The fourth-order valence-electron chi connectivity index (χ4n) is 3.09. The number of nitrogens with one attached hydrogen (secondary N) is 1. The van der Waals surface area contributed by atoms with Crippen molar-refractivity contribution in [3.8, 4) is 5.75 Å². The number of aromatic nitrogens is 1. The second-order valence-corrected chi connectivity index (χ2v) is 6.77. The van der Waals surface area contributed by atoms with Crippen LogP contribution in [0, 0.1) is 12.8 Å². The molecule has 0 bridgehead atoms. The number of ether oxygens (including phenoxy) is 1. The van der Waals surface area contributed by atoms with Crippen LogP contribution in [-0.2, 0) is 0 Å². The third-order valence-corrected chi connectivity index (χ3v) is 4.69. The maximum atomic E-state index is 12.7. The second-order valence-electron chi connectivity index (χ2n) is 6.77. The minimum Gasteiger partial charge on any atom is -0.495 e. The topological polar surface area (TPSA) is 54.5 Å². The highest BCUT2D eigenvalue weighted by molar-refractivity contribution is 5.95. The summed E-state index contributed by atoms with van der Waals surface area (Å²) in [7, 11) is 1.64. The molecule has 1 aromatic heterocycles. The minimum atomic E-state index is 0.0549. The summed E-state index contributed by atoms with van der Waals surface area (Å²) in [5.41, 5.74) is 3.39. The van der Waals surface area contributed by atoms with Gasteiger partial charge in [-0.15, -0.1) is 0 Å². The normalized spacial score (nSPS) is 15.1. The van der Waals surface area contributed by atoms with Gasteiger partial charge in [-0.3, -0.25) is 9.78 Å². The molecule has 1 aliphatic heterocycles. The van der Waals surface area contributed by atoms with E-state index in [1.807, 2.05) is 36.1 Å². The summed E-state index contributed by atoms with van der Waals surface area (Å²) >= 11 is 0. The smallest absolute Gasteiger partial charge is 0.255 e. The number of carbonyl (C=O) groups is 1. The van der Waals surface area contributed by atoms with Crippen molar-refractivity contribution >= 4 is 17.3 Å². The number of rotatable bonds is 4. The predicted octanol–water partition coefficient (Wildman–Crippen LogP) is 4.01. The Morgan fingerprint density at radius 3 is 2.72 bits per heavy atom. The number of aryl methyl sites for hydroxylation is 1. The average Bonchev–Trinajstić information content (AvgIpc) is 2.62. The van der Waals surface area contributed by atoms with Crippen molar-refractivity contribution in [2.45, 2.75) is 26.7 Å². The van der Waals surface area contributed by atoms with Crippen LogP contribution in [0.2, 0.25) is 0 Å². The number of nitrogens with zero attached hydrogens (tertiary/aromatic N) is 2. The van der Waals surface area contributed by atoms with Crippen LogP contribution >= 0.6 is 0 Å². The Balaban J connectivity index is 1.78. The minimum absolute atomic E-state index is 0.0549. The van der Waals surface area contributed by atoms with Crippen molar-refractivity contribution in [2.75, 3.05) is 25.5 Å². The fourth-order valence-corrected chi connectivity index (χ4v) is 3.09. The maximum Gasteiger partial charge on any atom is 0.255 e. The lowest BCUT2D eigenvalue weighted by molar-refractivity contribution is 0.0697. The number of piperidine rings is 1. The largest absolute Gasteiger partial charge is 0.495 e. The van der Waals surface area contributed by atoms with Gasteiger partial charge in [-0.05, 0) is 49.4 Å². The third-order valence-electron chi connectivity index (χ3n) is 4.69. The van der Waals surface area contributed by atoms with Crippen molar-refractivity contribution in [1.29, 1.82) is 0 Å². The van der Waals surface area contributed by atoms with E-state index in [2.05, 4.69) is 17.2 Å². The van der Waals surface area contributed by atoms with Gasteiger partial charge in [-0.25, -0.2) is 0 Å². The molecule has 2 aromatic rings. The van der Waals surface area contributed by atoms with Gasteiger partial charge in [0, 0.05) is 19.3 Å². The number of amides is 1. The monoisotopic (exact) mass is 339 g/mol. The van der Waals surface area contributed by atoms with Crippen LogP contribution in [0.15, 0.2) is 36.7 Å². The van der Waals surface area contributed by atoms with Gasteiger partial charge < -0.3 is 15.0 Å². The maximum absolute atomic E-state index is 12.7. The van der Waals surface area contributed by atoms with Crippen molar-refractivity contribution < 1.29 is 9.53 Å². The molecule has 0 aliphatic carbocycles. The third kappa shape index (κ3) is 4.10. The zero-order valence-corrected chi connectivity index (χ0v) is 15.1. The SMILES string of the molecule is COc1ccc(C)cc1Nc1cncc(C(=O)N2CCC(C)CC2)c1. The average molecular weight is 339 g/mol. The van der Waals surface area contributed by atoms with E-state index < -0.39 is 0 Å². The number of likely N-dealkylation sites (tertiary alicyclic amines) is 1. The zero-order valence-electron chi connectivity index (χ0n) is 15.1. The Morgan fingerprint density at radius 1 is 1.24 bits per heavy atom. The Hall–Kier alpha value is -2.56. The van der Waals surface area contributed by atoms with E-state index in [0.29, 0.717) is 11.5 Å². The summed E-state index contributed by atoms with van der Waals surface area (Å²) in [4.78, 5) is 18.9. The lowest BCUT2D eigenvalue weighted by atomic mass is 9.99. The first-order valence-corrected chi connectivity index (χ1v) is 8.73. The summed E-state index contributed by atoms with van der Waals surface area (Å²) < 4.78 is 5.40. The van der Waals surface area contributed by atoms with Crippen LogP contribution in [0.5, 0.6) is 5.75 Å². The van der Waals surface area contributed by atoms with Crippen LogP contribution in [0.1, 0.15) is 35.7 Å². The molecular formula is C20H25N3O2. The summed E-state index contributed by atoms with van der Waals surface area (Å²) in [5.74, 6) is 1.51. The lowest BCUT2D eigenvalue weighted by Crippen LogP contribution is -2.37. The quantitative estimate of drug-likeness (QED) is 0.914. The first kappa shape index (κ1) is 17.3. The molecule has 1 saturated heterocycles. The van der Waals surface area contributed by atoms with Gasteiger partial charge in [0.05, 0.1) is 30.2 Å². The number of pyridine rings is 1. The summed E-state index contributed by atoms with van der Waals surface area (Å²) in [6.07, 6.45) is 5.49. The Labute approximate surface area is 149 Å². The van der Waals surface area contributed by atoms with Gasteiger partial charge in [0.15, 0.2) is 0 Å². The zero-order chi connectivity index (χ0) is 17.8. The number of hydrogen-bond donors (Lipinski definition) is 1. The van der Waals surface area contributed by atoms with Gasteiger partial charge in [0.25, 0.3) is 5.91 Å². The highest BCUT2D eigenvalue weighted by Crippen LogP contribution is 2.29. The van der Waals surface area contributed by atoms with Crippen molar-refractivity contribution in [3.05, 3.63) is 47.8 Å². The summed E-state index contributed by atoms with van der Waals surface area (Å²) in [6.45, 7) is 5.91. The first-order chi connectivity index (χ1) is 12.1. The Kier molecular flexibility index (Phi) is 5.22. The Bertz CT molecular complexity index is 752. The molecule has 1 amide bonds. The molecule has 0 spiro atoms. The van der Waals surface area contributed by atoms with Crippen molar-refractivity contribution in [2.24, 2.45) is 5.92 Å². The molecule has 0 radical (unpaired) electrons. The molecule has 5 heteroatoms. The molecule has 0 saturated carbocycles. The molecule has 3 rings (SSSR count). The van der Waals surface area contributed by atoms with Crippen LogP contribution < -0.4 is 10.1 Å². The van der Waals surface area contributed by atoms with Gasteiger partial charge in [-0.2, -0.15) is 0 Å². The number of carbonyl (C=O) groups excluding carboxylic acids is 1. The second kappa shape index (κ2) is 7.55.